The highest BCUT2D eigenvalue weighted by Crippen LogP contribution is 2.07. The monoisotopic (exact) mass is 303 g/mol. The number of carbonyl (C=O) groups excluding carboxylic acids is 1. The van der Waals surface area contributed by atoms with Gasteiger partial charge in [0.25, 0.3) is 0 Å². The molecule has 0 saturated carbocycles. The van der Waals surface area contributed by atoms with Crippen molar-refractivity contribution >= 4 is 5.78 Å². The zero-order valence-corrected chi connectivity index (χ0v) is 13.6. The number of hydrogen-bond donors (Lipinski definition) is 0. The number of Topliss-reactive ketones (excluding diaryl/α,β-unsaturated/α-hetero) is 1. The largest absolute Gasteiger partial charge is 0.381 e. The van der Waals surface area contributed by atoms with Crippen LogP contribution in [0.3, 0.4) is 0 Å². The van der Waals surface area contributed by atoms with E-state index in [2.05, 4.69) is 35.2 Å². The number of carbonyl (C=O) groups is 1. The van der Waals surface area contributed by atoms with Crippen molar-refractivity contribution in [3.05, 3.63) is 35.9 Å². The zero-order chi connectivity index (χ0) is 15.5. The molecule has 1 aliphatic rings. The van der Waals surface area contributed by atoms with Crippen molar-refractivity contribution in [3.63, 3.8) is 0 Å². The Bertz CT molecular complexity index is 409. The van der Waals surface area contributed by atoms with Crippen LogP contribution in [-0.4, -0.2) is 43.5 Å². The summed E-state index contributed by atoms with van der Waals surface area (Å²) in [6, 6.07) is 10.6. The van der Waals surface area contributed by atoms with Crippen molar-refractivity contribution in [2.75, 3.05) is 32.8 Å². The van der Waals surface area contributed by atoms with E-state index >= 15 is 0 Å². The van der Waals surface area contributed by atoms with E-state index in [9.17, 15) is 4.79 Å². The van der Waals surface area contributed by atoms with Crippen LogP contribution in [0, 0.1) is 0 Å². The summed E-state index contributed by atoms with van der Waals surface area (Å²) in [4.78, 5) is 13.6. The summed E-state index contributed by atoms with van der Waals surface area (Å²) in [7, 11) is 0. The fourth-order valence-corrected chi connectivity index (χ4v) is 2.85. The van der Waals surface area contributed by atoms with Gasteiger partial charge in [-0.15, -0.1) is 0 Å². The number of ketones is 1. The van der Waals surface area contributed by atoms with Crippen molar-refractivity contribution < 1.29 is 9.53 Å². The first-order valence-corrected chi connectivity index (χ1v) is 8.70. The molecule has 0 unspecified atom stereocenters. The molecule has 0 aliphatic carbocycles. The molecule has 1 saturated heterocycles. The molecule has 22 heavy (non-hydrogen) atoms. The fraction of sp³-hybridized carbons (Fsp3) is 0.632. The molecule has 0 spiro atoms. The molecule has 0 aromatic heterocycles. The highest BCUT2D eigenvalue weighted by molar-refractivity contribution is 5.79. The molecule has 1 heterocycles. The van der Waals surface area contributed by atoms with Crippen LogP contribution in [0.2, 0.25) is 0 Å². The number of ether oxygens (including phenoxy) is 1. The summed E-state index contributed by atoms with van der Waals surface area (Å²) in [5.74, 6) is 0.426. The van der Waals surface area contributed by atoms with Gasteiger partial charge in [-0.1, -0.05) is 30.3 Å². The molecule has 122 valence electrons. The molecule has 1 aromatic carbocycles. The summed E-state index contributed by atoms with van der Waals surface area (Å²) in [6.45, 7) is 4.78. The second kappa shape index (κ2) is 10.5. The second-order valence-corrected chi connectivity index (χ2v) is 6.14. The molecule has 0 radical (unpaired) electrons. The molecule has 0 N–H and O–H groups in total. The Morgan fingerprint density at radius 2 is 1.59 bits per heavy atom. The Morgan fingerprint density at radius 1 is 0.909 bits per heavy atom. The van der Waals surface area contributed by atoms with Crippen molar-refractivity contribution in [1.82, 2.24) is 4.90 Å². The summed E-state index contributed by atoms with van der Waals surface area (Å²) in [6.07, 6.45) is 7.30. The first-order chi connectivity index (χ1) is 10.8. The maximum absolute atomic E-state index is 11.2. The first kappa shape index (κ1) is 17.2. The standard InChI is InChI=1S/C19H29NO2/c21-19-11-14-20(15-12-19)13-5-7-17-22-16-6-4-10-18-8-2-1-3-9-18/h1-3,8-9H,4-7,10-17H2. The van der Waals surface area contributed by atoms with E-state index in [4.69, 9.17) is 4.74 Å². The van der Waals surface area contributed by atoms with Crippen LogP contribution in [0.5, 0.6) is 0 Å². The molecule has 2 rings (SSSR count). The van der Waals surface area contributed by atoms with Gasteiger partial charge >= 0.3 is 0 Å². The van der Waals surface area contributed by atoms with Crippen LogP contribution in [0.25, 0.3) is 0 Å². The van der Waals surface area contributed by atoms with Crippen LogP contribution in [-0.2, 0) is 16.0 Å². The molecule has 1 aliphatic heterocycles. The molecule has 0 atom stereocenters. The van der Waals surface area contributed by atoms with Gasteiger partial charge in [0.1, 0.15) is 5.78 Å². The Labute approximate surface area is 134 Å². The number of aryl methyl sites for hydroxylation is 1. The normalized spacial score (nSPS) is 16.1. The molecular weight excluding hydrogens is 274 g/mol. The SMILES string of the molecule is O=C1CCN(CCCCOCCCCc2ccccc2)CC1. The van der Waals surface area contributed by atoms with Crippen LogP contribution < -0.4 is 0 Å². The topological polar surface area (TPSA) is 29.5 Å². The number of piperidine rings is 1. The molecule has 0 amide bonds. The van der Waals surface area contributed by atoms with E-state index in [1.807, 2.05) is 0 Å². The van der Waals surface area contributed by atoms with Gasteiger partial charge in [-0.25, -0.2) is 0 Å². The summed E-state index contributed by atoms with van der Waals surface area (Å²) in [5.41, 5.74) is 1.42. The third-order valence-corrected chi connectivity index (χ3v) is 4.27. The Morgan fingerprint density at radius 3 is 2.32 bits per heavy atom. The van der Waals surface area contributed by atoms with Crippen LogP contribution in [0.1, 0.15) is 44.1 Å². The number of unbranched alkanes of at least 4 members (excludes halogenated alkanes) is 2. The molecular formula is C19H29NO2. The average molecular weight is 303 g/mol. The van der Waals surface area contributed by atoms with Gasteiger partial charge in [0.05, 0.1) is 0 Å². The van der Waals surface area contributed by atoms with Crippen LogP contribution in [0.15, 0.2) is 30.3 Å². The lowest BCUT2D eigenvalue weighted by Gasteiger charge is -2.25. The van der Waals surface area contributed by atoms with Gasteiger partial charge in [-0.05, 0) is 44.2 Å². The summed E-state index contributed by atoms with van der Waals surface area (Å²) in [5, 5.41) is 0. The van der Waals surface area contributed by atoms with Crippen molar-refractivity contribution in [2.45, 2.75) is 44.9 Å². The Hall–Kier alpha value is -1.19. The summed E-state index contributed by atoms with van der Waals surface area (Å²) < 4.78 is 5.71. The quantitative estimate of drug-likeness (QED) is 0.620. The maximum atomic E-state index is 11.2. The lowest BCUT2D eigenvalue weighted by molar-refractivity contribution is -0.121. The maximum Gasteiger partial charge on any atom is 0.135 e. The molecule has 3 heteroatoms. The minimum absolute atomic E-state index is 0.426. The minimum Gasteiger partial charge on any atom is -0.381 e. The molecule has 3 nitrogen and oxygen atoms in total. The number of likely N-dealkylation sites (tertiary alicyclic amines) is 1. The van der Waals surface area contributed by atoms with E-state index in [0.717, 1.165) is 65.0 Å². The lowest BCUT2D eigenvalue weighted by Crippen LogP contribution is -2.34. The van der Waals surface area contributed by atoms with Crippen molar-refractivity contribution in [3.8, 4) is 0 Å². The van der Waals surface area contributed by atoms with Gasteiger partial charge in [-0.2, -0.15) is 0 Å². The van der Waals surface area contributed by atoms with Gasteiger partial charge in [-0.3, -0.25) is 4.79 Å². The fourth-order valence-electron chi connectivity index (χ4n) is 2.85. The van der Waals surface area contributed by atoms with Crippen LogP contribution >= 0.6 is 0 Å². The van der Waals surface area contributed by atoms with E-state index in [0.29, 0.717) is 5.78 Å². The molecule has 0 bridgehead atoms. The zero-order valence-electron chi connectivity index (χ0n) is 13.6. The molecule has 1 fully saturated rings. The average Bonchev–Trinajstić information content (AvgIpc) is 2.56. The number of hydrogen-bond acceptors (Lipinski definition) is 3. The Balaban J connectivity index is 1.36. The summed E-state index contributed by atoms with van der Waals surface area (Å²) >= 11 is 0. The first-order valence-electron chi connectivity index (χ1n) is 8.70. The van der Waals surface area contributed by atoms with Crippen LogP contribution in [0.4, 0.5) is 0 Å². The Kier molecular flexibility index (Phi) is 8.21. The lowest BCUT2D eigenvalue weighted by atomic mass is 10.1. The van der Waals surface area contributed by atoms with Gasteiger partial charge < -0.3 is 9.64 Å². The minimum atomic E-state index is 0.426. The smallest absolute Gasteiger partial charge is 0.135 e. The predicted molar refractivity (Wildman–Crippen MR) is 90.1 cm³/mol. The molecule has 1 aromatic rings. The van der Waals surface area contributed by atoms with E-state index < -0.39 is 0 Å². The van der Waals surface area contributed by atoms with Crippen molar-refractivity contribution in [1.29, 1.82) is 0 Å². The number of nitrogens with zero attached hydrogens (tertiary/aromatic N) is 1. The van der Waals surface area contributed by atoms with Crippen molar-refractivity contribution in [2.24, 2.45) is 0 Å². The third-order valence-electron chi connectivity index (χ3n) is 4.27. The van der Waals surface area contributed by atoms with Gasteiger partial charge in [0.15, 0.2) is 0 Å². The van der Waals surface area contributed by atoms with E-state index in [-0.39, 0.29) is 0 Å². The number of benzene rings is 1. The highest BCUT2D eigenvalue weighted by Gasteiger charge is 2.14. The van der Waals surface area contributed by atoms with E-state index in [1.165, 1.54) is 18.4 Å². The number of rotatable bonds is 10. The van der Waals surface area contributed by atoms with Gasteiger partial charge in [0, 0.05) is 39.1 Å². The van der Waals surface area contributed by atoms with Gasteiger partial charge in [0.2, 0.25) is 0 Å². The third kappa shape index (κ3) is 7.19. The van der Waals surface area contributed by atoms with E-state index in [1.54, 1.807) is 0 Å². The second-order valence-electron chi connectivity index (χ2n) is 6.14. The predicted octanol–water partition coefficient (Wildman–Crippen LogP) is 3.47. The highest BCUT2D eigenvalue weighted by atomic mass is 16.5.